The summed E-state index contributed by atoms with van der Waals surface area (Å²) in [5.41, 5.74) is 4.02. The molecule has 4 amide bonds. The fraction of sp³-hybridized carbons (Fsp3) is 0.361. The predicted molar refractivity (Wildman–Crippen MR) is 173 cm³/mol. The molecule has 230 valence electrons. The van der Waals surface area contributed by atoms with Crippen LogP contribution in [-0.4, -0.2) is 52.9 Å². The molecule has 0 unspecified atom stereocenters. The van der Waals surface area contributed by atoms with Crippen molar-refractivity contribution in [2.75, 3.05) is 19.0 Å². The third-order valence-electron chi connectivity index (χ3n) is 7.74. The highest BCUT2D eigenvalue weighted by Crippen LogP contribution is 2.54. The van der Waals surface area contributed by atoms with Crippen molar-refractivity contribution in [1.82, 2.24) is 9.80 Å². The minimum absolute atomic E-state index is 0.141. The summed E-state index contributed by atoms with van der Waals surface area (Å²) in [7, 11) is 2.72. The number of hydrogen-bond donors (Lipinski definition) is 0. The summed E-state index contributed by atoms with van der Waals surface area (Å²) in [4.78, 5) is 42.8. The van der Waals surface area contributed by atoms with Gasteiger partial charge in [0.15, 0.2) is 0 Å². The molecular weight excluding hydrogens is 554 g/mol. The lowest BCUT2D eigenvalue weighted by molar-refractivity contribution is -0.134. The third-order valence-corrected chi connectivity index (χ3v) is 7.74. The zero-order chi connectivity index (χ0) is 32.4. The molecule has 0 N–H and O–H groups in total. The zero-order valence-electron chi connectivity index (χ0n) is 27.2. The monoisotopic (exact) mass is 595 g/mol. The van der Waals surface area contributed by atoms with E-state index in [4.69, 9.17) is 9.47 Å². The fourth-order valence-electron chi connectivity index (χ4n) is 5.74. The predicted octanol–water partition coefficient (Wildman–Crippen LogP) is 7.58. The van der Waals surface area contributed by atoms with Crippen LogP contribution >= 0.6 is 0 Å². The topological polar surface area (TPSA) is 79.4 Å². The number of para-hydroxylation sites is 2. The Balaban J connectivity index is 1.82. The number of ether oxygens (including phenoxy) is 2. The van der Waals surface area contributed by atoms with Crippen LogP contribution < -0.4 is 14.4 Å². The maximum absolute atomic E-state index is 13.2. The summed E-state index contributed by atoms with van der Waals surface area (Å²) in [6.07, 6.45) is 1.49. The molecule has 2 aliphatic rings. The summed E-state index contributed by atoms with van der Waals surface area (Å²) in [5.74, 6) is -0.348. The molecule has 0 spiro atoms. The van der Waals surface area contributed by atoms with Gasteiger partial charge in [0, 0.05) is 31.1 Å². The lowest BCUT2D eigenvalue weighted by atomic mass is 9.73. The van der Waals surface area contributed by atoms with Crippen LogP contribution in [0.5, 0.6) is 11.5 Å². The second kappa shape index (κ2) is 10.5. The number of amides is 4. The molecule has 0 saturated carbocycles. The number of anilines is 3. The molecule has 3 aromatic carbocycles. The Labute approximate surface area is 259 Å². The molecule has 0 atom stereocenters. The lowest BCUT2D eigenvalue weighted by Crippen LogP contribution is -2.52. The molecule has 3 aromatic rings. The van der Waals surface area contributed by atoms with E-state index in [9.17, 15) is 14.4 Å². The number of urea groups is 1. The van der Waals surface area contributed by atoms with Gasteiger partial charge in [-0.2, -0.15) is 0 Å². The van der Waals surface area contributed by atoms with E-state index in [-0.39, 0.29) is 11.0 Å². The Hall–Kier alpha value is -4.59. The first-order chi connectivity index (χ1) is 20.4. The molecule has 0 radical (unpaired) electrons. The van der Waals surface area contributed by atoms with Crippen LogP contribution in [0.4, 0.5) is 21.9 Å². The largest absolute Gasteiger partial charge is 0.487 e. The van der Waals surface area contributed by atoms with Crippen LogP contribution in [0.15, 0.2) is 66.2 Å². The van der Waals surface area contributed by atoms with E-state index < -0.39 is 29.0 Å². The fourth-order valence-corrected chi connectivity index (χ4v) is 5.74. The maximum Gasteiger partial charge on any atom is 0.333 e. The molecule has 1 saturated heterocycles. The number of carbonyl (C=O) groups excluding carboxylic acids is 3. The van der Waals surface area contributed by atoms with E-state index in [1.165, 1.54) is 31.3 Å². The molecular formula is C36H41N3O5. The van der Waals surface area contributed by atoms with Crippen LogP contribution in [0.1, 0.15) is 72.1 Å². The van der Waals surface area contributed by atoms with Crippen LogP contribution in [0.2, 0.25) is 0 Å². The van der Waals surface area contributed by atoms with E-state index in [2.05, 4.69) is 55.1 Å². The number of fused-ring (bicyclic) bond motifs is 2. The Bertz CT molecular complexity index is 1630. The van der Waals surface area contributed by atoms with Gasteiger partial charge in [-0.3, -0.25) is 19.4 Å². The standard InChI is InChI=1S/C36H41N3O5/c1-34(2,3)43-29-21-28(39-26-17-13-11-15-24(26)36(7,8)25-16-12-14-18-27(25)39)30(44-35(4,5)6)20-22(29)19-23-31(40)37(9)33(42)38(10)32(23)41/h11-21H,1-10H3. The molecule has 2 heterocycles. The van der Waals surface area contributed by atoms with Gasteiger partial charge >= 0.3 is 6.03 Å². The van der Waals surface area contributed by atoms with Gasteiger partial charge in [-0.1, -0.05) is 50.2 Å². The van der Waals surface area contributed by atoms with Crippen molar-refractivity contribution < 1.29 is 23.9 Å². The van der Waals surface area contributed by atoms with Crippen molar-refractivity contribution in [2.45, 2.75) is 72.0 Å². The second-order valence-corrected chi connectivity index (χ2v) is 13.9. The van der Waals surface area contributed by atoms with Gasteiger partial charge in [-0.15, -0.1) is 0 Å². The summed E-state index contributed by atoms with van der Waals surface area (Å²) in [6.45, 7) is 16.2. The van der Waals surface area contributed by atoms with Crippen molar-refractivity contribution in [1.29, 1.82) is 0 Å². The lowest BCUT2D eigenvalue weighted by Gasteiger charge is -2.42. The molecule has 5 rings (SSSR count). The van der Waals surface area contributed by atoms with E-state index in [0.717, 1.165) is 26.9 Å². The molecule has 8 nitrogen and oxygen atoms in total. The summed E-state index contributed by atoms with van der Waals surface area (Å²) < 4.78 is 13.1. The van der Waals surface area contributed by atoms with Gasteiger partial charge in [0.2, 0.25) is 0 Å². The van der Waals surface area contributed by atoms with Crippen molar-refractivity contribution >= 4 is 41.0 Å². The van der Waals surface area contributed by atoms with Gasteiger partial charge in [-0.25, -0.2) is 4.79 Å². The SMILES string of the molecule is CN1C(=O)C(=Cc2cc(OC(C)(C)C)c(N3c4ccccc4C(C)(C)c4ccccc43)cc2OC(C)(C)C)C(=O)N(C)C1=O. The number of barbiturate groups is 1. The first-order valence-electron chi connectivity index (χ1n) is 14.8. The summed E-state index contributed by atoms with van der Waals surface area (Å²) in [6, 6.07) is 19.7. The van der Waals surface area contributed by atoms with E-state index in [1.807, 2.05) is 65.8 Å². The van der Waals surface area contributed by atoms with Crippen LogP contribution in [0.25, 0.3) is 6.08 Å². The number of likely N-dealkylation sites (N-methyl/N-ethyl adjacent to an activating group) is 2. The quantitative estimate of drug-likeness (QED) is 0.229. The van der Waals surface area contributed by atoms with Gasteiger partial charge in [0.1, 0.15) is 28.3 Å². The van der Waals surface area contributed by atoms with E-state index in [0.29, 0.717) is 17.1 Å². The Morgan fingerprint density at radius 1 is 0.659 bits per heavy atom. The summed E-state index contributed by atoms with van der Waals surface area (Å²) in [5, 5.41) is 0. The average Bonchev–Trinajstić information content (AvgIpc) is 2.93. The second-order valence-electron chi connectivity index (χ2n) is 13.9. The molecule has 44 heavy (non-hydrogen) atoms. The minimum atomic E-state index is -0.680. The number of benzene rings is 3. The van der Waals surface area contributed by atoms with Crippen molar-refractivity contribution in [3.05, 3.63) is 82.9 Å². The van der Waals surface area contributed by atoms with Crippen LogP contribution in [0.3, 0.4) is 0 Å². The average molecular weight is 596 g/mol. The normalized spacial score (nSPS) is 16.5. The number of imide groups is 2. The Kier molecular flexibility index (Phi) is 7.39. The molecule has 0 bridgehead atoms. The number of rotatable bonds is 4. The van der Waals surface area contributed by atoms with Crippen LogP contribution in [-0.2, 0) is 15.0 Å². The molecule has 2 aliphatic heterocycles. The Morgan fingerprint density at radius 2 is 1.11 bits per heavy atom. The third kappa shape index (κ3) is 5.45. The van der Waals surface area contributed by atoms with E-state index >= 15 is 0 Å². The molecule has 0 aliphatic carbocycles. The van der Waals surface area contributed by atoms with Crippen molar-refractivity contribution in [3.8, 4) is 11.5 Å². The van der Waals surface area contributed by atoms with Gasteiger partial charge in [0.05, 0.1) is 17.1 Å². The van der Waals surface area contributed by atoms with Gasteiger partial charge in [-0.05, 0) is 76.9 Å². The van der Waals surface area contributed by atoms with Gasteiger partial charge < -0.3 is 14.4 Å². The first-order valence-corrected chi connectivity index (χ1v) is 14.8. The number of nitrogens with zero attached hydrogens (tertiary/aromatic N) is 3. The highest BCUT2D eigenvalue weighted by molar-refractivity contribution is 6.30. The summed E-state index contributed by atoms with van der Waals surface area (Å²) >= 11 is 0. The maximum atomic E-state index is 13.2. The van der Waals surface area contributed by atoms with E-state index in [1.54, 1.807) is 0 Å². The first kappa shape index (κ1) is 30.9. The highest BCUT2D eigenvalue weighted by Gasteiger charge is 2.40. The van der Waals surface area contributed by atoms with Crippen LogP contribution in [0, 0.1) is 0 Å². The molecule has 1 fully saturated rings. The van der Waals surface area contributed by atoms with Gasteiger partial charge in [0.25, 0.3) is 11.8 Å². The zero-order valence-corrected chi connectivity index (χ0v) is 27.2. The Morgan fingerprint density at radius 3 is 1.59 bits per heavy atom. The number of hydrogen-bond acceptors (Lipinski definition) is 6. The minimum Gasteiger partial charge on any atom is -0.487 e. The smallest absolute Gasteiger partial charge is 0.333 e. The van der Waals surface area contributed by atoms with Crippen molar-refractivity contribution in [2.24, 2.45) is 0 Å². The highest BCUT2D eigenvalue weighted by atomic mass is 16.5. The number of carbonyl (C=O) groups is 3. The molecule has 8 heteroatoms. The van der Waals surface area contributed by atoms with Crippen molar-refractivity contribution in [3.63, 3.8) is 0 Å². The molecule has 0 aromatic heterocycles.